The molecular formula is C20H12N4O6. The van der Waals surface area contributed by atoms with Crippen molar-refractivity contribution in [2.45, 2.75) is 0 Å². The minimum Gasteiger partial charge on any atom is -0.436 e. The van der Waals surface area contributed by atoms with Crippen LogP contribution >= 0.6 is 0 Å². The van der Waals surface area contributed by atoms with Gasteiger partial charge in [0.2, 0.25) is 5.89 Å². The van der Waals surface area contributed by atoms with E-state index in [4.69, 9.17) is 4.42 Å². The number of amides is 1. The quantitative estimate of drug-likeness (QED) is 0.379. The molecule has 0 aliphatic heterocycles. The first-order valence-corrected chi connectivity index (χ1v) is 8.62. The van der Waals surface area contributed by atoms with Crippen LogP contribution in [-0.4, -0.2) is 20.7 Å². The Labute approximate surface area is 168 Å². The number of nitro groups is 2. The molecule has 0 radical (unpaired) electrons. The van der Waals surface area contributed by atoms with Crippen molar-refractivity contribution in [3.8, 4) is 11.5 Å². The molecule has 148 valence electrons. The highest BCUT2D eigenvalue weighted by Gasteiger charge is 2.17. The molecule has 0 fully saturated rings. The van der Waals surface area contributed by atoms with Crippen LogP contribution in [0.15, 0.2) is 71.1 Å². The van der Waals surface area contributed by atoms with Crippen LogP contribution in [0.4, 0.5) is 17.1 Å². The molecule has 1 heterocycles. The summed E-state index contributed by atoms with van der Waals surface area (Å²) in [4.78, 5) is 37.7. The summed E-state index contributed by atoms with van der Waals surface area (Å²) in [6.45, 7) is 0. The van der Waals surface area contributed by atoms with E-state index in [1.54, 1.807) is 24.3 Å². The molecule has 1 N–H and O–H groups in total. The molecule has 0 spiro atoms. The number of nitrogens with one attached hydrogen (secondary N) is 1. The van der Waals surface area contributed by atoms with E-state index in [0.29, 0.717) is 16.8 Å². The van der Waals surface area contributed by atoms with Gasteiger partial charge in [-0.15, -0.1) is 0 Å². The lowest BCUT2D eigenvalue weighted by atomic mass is 10.1. The second-order valence-corrected chi connectivity index (χ2v) is 6.24. The van der Waals surface area contributed by atoms with Gasteiger partial charge in [-0.2, -0.15) is 0 Å². The van der Waals surface area contributed by atoms with E-state index in [1.807, 2.05) is 0 Å². The number of anilines is 1. The second kappa shape index (κ2) is 7.43. The predicted molar refractivity (Wildman–Crippen MR) is 107 cm³/mol. The zero-order valence-corrected chi connectivity index (χ0v) is 15.1. The van der Waals surface area contributed by atoms with Crippen LogP contribution in [0.5, 0.6) is 0 Å². The summed E-state index contributed by atoms with van der Waals surface area (Å²) in [5.41, 5.74) is 1.28. The van der Waals surface area contributed by atoms with Crippen LogP contribution in [0, 0.1) is 20.2 Å². The maximum absolute atomic E-state index is 12.6. The van der Waals surface area contributed by atoms with Crippen molar-refractivity contribution in [3.63, 3.8) is 0 Å². The summed E-state index contributed by atoms with van der Waals surface area (Å²) in [6, 6.07) is 16.1. The Hall–Kier alpha value is -4.60. The van der Waals surface area contributed by atoms with Gasteiger partial charge in [0.1, 0.15) is 5.52 Å². The fourth-order valence-corrected chi connectivity index (χ4v) is 2.88. The molecule has 30 heavy (non-hydrogen) atoms. The van der Waals surface area contributed by atoms with Crippen molar-refractivity contribution in [2.24, 2.45) is 0 Å². The highest BCUT2D eigenvalue weighted by Crippen LogP contribution is 2.31. The summed E-state index contributed by atoms with van der Waals surface area (Å²) >= 11 is 0. The molecule has 0 atom stereocenters. The van der Waals surface area contributed by atoms with E-state index < -0.39 is 15.8 Å². The maximum Gasteiger partial charge on any atom is 0.273 e. The Morgan fingerprint density at radius 3 is 2.40 bits per heavy atom. The number of non-ortho nitro benzene ring substituents is 2. The van der Waals surface area contributed by atoms with Gasteiger partial charge in [-0.3, -0.25) is 25.0 Å². The Kier molecular flexibility index (Phi) is 4.64. The van der Waals surface area contributed by atoms with Gasteiger partial charge in [-0.1, -0.05) is 18.2 Å². The number of carbonyl (C=O) groups excluding carboxylic acids is 1. The van der Waals surface area contributed by atoms with Crippen molar-refractivity contribution in [2.75, 3.05) is 5.32 Å². The molecule has 4 rings (SSSR count). The Morgan fingerprint density at radius 1 is 0.900 bits per heavy atom. The van der Waals surface area contributed by atoms with Crippen molar-refractivity contribution >= 4 is 34.1 Å². The van der Waals surface area contributed by atoms with Gasteiger partial charge in [0.15, 0.2) is 5.58 Å². The minimum atomic E-state index is -0.581. The van der Waals surface area contributed by atoms with Crippen molar-refractivity contribution in [3.05, 3.63) is 92.5 Å². The third kappa shape index (κ3) is 3.56. The largest absolute Gasteiger partial charge is 0.436 e. The minimum absolute atomic E-state index is 0.118. The molecule has 0 aliphatic rings. The first kappa shape index (κ1) is 18.7. The standard InChI is InChI=1S/C20H12N4O6/c25-19(12-4-3-5-13(10-12)23(26)27)21-16-7-2-1-6-15(16)20-22-17-9-8-14(24(28)29)11-18(17)30-20/h1-11H,(H,21,25). The van der Waals surface area contributed by atoms with E-state index in [0.717, 1.165) is 0 Å². The fraction of sp³-hybridized carbons (Fsp3) is 0. The Balaban J connectivity index is 1.68. The normalized spacial score (nSPS) is 10.7. The van der Waals surface area contributed by atoms with Crippen LogP contribution < -0.4 is 5.32 Å². The molecule has 3 aromatic carbocycles. The number of rotatable bonds is 5. The van der Waals surface area contributed by atoms with Gasteiger partial charge >= 0.3 is 0 Å². The average molecular weight is 404 g/mol. The maximum atomic E-state index is 12.6. The molecule has 0 saturated carbocycles. The first-order valence-electron chi connectivity index (χ1n) is 8.62. The molecule has 4 aromatic rings. The summed E-state index contributed by atoms with van der Waals surface area (Å²) in [7, 11) is 0. The molecule has 1 aromatic heterocycles. The van der Waals surface area contributed by atoms with Crippen LogP contribution in [-0.2, 0) is 0 Å². The predicted octanol–water partition coefficient (Wildman–Crippen LogP) is 4.56. The number of carbonyl (C=O) groups is 1. The highest BCUT2D eigenvalue weighted by molar-refractivity contribution is 6.06. The number of aromatic nitrogens is 1. The van der Waals surface area contributed by atoms with Crippen molar-refractivity contribution in [1.29, 1.82) is 0 Å². The lowest BCUT2D eigenvalue weighted by molar-refractivity contribution is -0.385. The SMILES string of the molecule is O=C(Nc1ccccc1-c1nc2ccc([N+](=O)[O-])cc2o1)c1cccc([N+](=O)[O-])c1. The number of benzene rings is 3. The van der Waals surface area contributed by atoms with E-state index >= 15 is 0 Å². The molecule has 10 nitrogen and oxygen atoms in total. The third-order valence-electron chi connectivity index (χ3n) is 4.31. The van der Waals surface area contributed by atoms with Gasteiger partial charge in [-0.25, -0.2) is 4.98 Å². The molecule has 10 heteroatoms. The van der Waals surface area contributed by atoms with Crippen LogP contribution in [0.1, 0.15) is 10.4 Å². The second-order valence-electron chi connectivity index (χ2n) is 6.24. The number of hydrogen-bond acceptors (Lipinski definition) is 7. The first-order chi connectivity index (χ1) is 14.4. The van der Waals surface area contributed by atoms with Crippen LogP contribution in [0.25, 0.3) is 22.6 Å². The average Bonchev–Trinajstić information content (AvgIpc) is 3.17. The van der Waals surface area contributed by atoms with E-state index in [-0.39, 0.29) is 28.4 Å². The van der Waals surface area contributed by atoms with Crippen LogP contribution in [0.2, 0.25) is 0 Å². The fourth-order valence-electron chi connectivity index (χ4n) is 2.88. The summed E-state index contributed by atoms with van der Waals surface area (Å²) in [5, 5.41) is 24.6. The van der Waals surface area contributed by atoms with Gasteiger partial charge < -0.3 is 9.73 Å². The number of nitro benzene ring substituents is 2. The zero-order valence-electron chi connectivity index (χ0n) is 15.1. The number of nitrogens with zero attached hydrogens (tertiary/aromatic N) is 3. The summed E-state index contributed by atoms with van der Waals surface area (Å²) in [6.07, 6.45) is 0. The Morgan fingerprint density at radius 2 is 1.63 bits per heavy atom. The van der Waals surface area contributed by atoms with Gasteiger partial charge in [0.25, 0.3) is 17.3 Å². The van der Waals surface area contributed by atoms with Gasteiger partial charge in [0, 0.05) is 23.8 Å². The number of para-hydroxylation sites is 1. The van der Waals surface area contributed by atoms with E-state index in [9.17, 15) is 25.0 Å². The van der Waals surface area contributed by atoms with Crippen LogP contribution in [0.3, 0.4) is 0 Å². The monoisotopic (exact) mass is 404 g/mol. The Bertz CT molecular complexity index is 1310. The molecule has 0 saturated heterocycles. The van der Waals surface area contributed by atoms with E-state index in [2.05, 4.69) is 10.3 Å². The summed E-state index contributed by atoms with van der Waals surface area (Å²) in [5.74, 6) is -0.377. The lowest BCUT2D eigenvalue weighted by Gasteiger charge is -2.08. The smallest absolute Gasteiger partial charge is 0.273 e. The number of hydrogen-bond donors (Lipinski definition) is 1. The molecule has 0 bridgehead atoms. The zero-order chi connectivity index (χ0) is 21.3. The van der Waals surface area contributed by atoms with Gasteiger partial charge in [0.05, 0.1) is 27.2 Å². The summed E-state index contributed by atoms with van der Waals surface area (Å²) < 4.78 is 5.67. The molecular weight excluding hydrogens is 392 g/mol. The molecule has 0 aliphatic carbocycles. The number of fused-ring (bicyclic) bond motifs is 1. The van der Waals surface area contributed by atoms with Crippen molar-refractivity contribution < 1.29 is 19.1 Å². The third-order valence-corrected chi connectivity index (χ3v) is 4.31. The topological polar surface area (TPSA) is 141 Å². The lowest BCUT2D eigenvalue weighted by Crippen LogP contribution is -2.12. The molecule has 0 unspecified atom stereocenters. The van der Waals surface area contributed by atoms with E-state index in [1.165, 1.54) is 42.5 Å². The molecule has 1 amide bonds. The van der Waals surface area contributed by atoms with Gasteiger partial charge in [-0.05, 0) is 24.3 Å². The van der Waals surface area contributed by atoms with Crippen molar-refractivity contribution in [1.82, 2.24) is 4.98 Å². The number of oxazole rings is 1. The highest BCUT2D eigenvalue weighted by atomic mass is 16.6.